The van der Waals surface area contributed by atoms with Crippen LogP contribution in [0.5, 0.6) is 0 Å². The number of amides is 1. The number of anilines is 1. The van der Waals surface area contributed by atoms with Crippen LogP contribution < -0.4 is 5.32 Å². The van der Waals surface area contributed by atoms with E-state index in [4.69, 9.17) is 0 Å². The number of fused-ring (bicyclic) bond motifs is 1. The molecular formula is C22H23F3N2O3S. The van der Waals surface area contributed by atoms with Gasteiger partial charge in [-0.05, 0) is 61.8 Å². The van der Waals surface area contributed by atoms with Gasteiger partial charge in [0.2, 0.25) is 15.9 Å². The Morgan fingerprint density at radius 3 is 2.26 bits per heavy atom. The van der Waals surface area contributed by atoms with Crippen molar-refractivity contribution in [1.82, 2.24) is 4.31 Å². The van der Waals surface area contributed by atoms with E-state index in [-0.39, 0.29) is 30.8 Å². The Balaban J connectivity index is 1.41. The molecule has 0 radical (unpaired) electrons. The molecule has 5 nitrogen and oxygen atoms in total. The third-order valence-corrected chi connectivity index (χ3v) is 7.94. The van der Waals surface area contributed by atoms with Crippen molar-refractivity contribution in [2.45, 2.75) is 43.4 Å². The molecule has 0 unspecified atom stereocenters. The molecule has 31 heavy (non-hydrogen) atoms. The third kappa shape index (κ3) is 4.48. The first-order valence-corrected chi connectivity index (χ1v) is 11.8. The van der Waals surface area contributed by atoms with Crippen molar-refractivity contribution in [2.24, 2.45) is 5.92 Å². The average Bonchev–Trinajstić information content (AvgIpc) is 2.77. The van der Waals surface area contributed by atoms with E-state index in [1.807, 2.05) is 6.07 Å². The van der Waals surface area contributed by atoms with Gasteiger partial charge in [-0.3, -0.25) is 4.79 Å². The number of benzene rings is 2. The fraction of sp³-hybridized carbons (Fsp3) is 0.409. The number of nitrogens with one attached hydrogen (secondary N) is 1. The van der Waals surface area contributed by atoms with Crippen molar-refractivity contribution >= 4 is 21.6 Å². The van der Waals surface area contributed by atoms with Gasteiger partial charge in [-0.25, -0.2) is 21.6 Å². The molecule has 2 aromatic rings. The van der Waals surface area contributed by atoms with Gasteiger partial charge in [0, 0.05) is 31.1 Å². The van der Waals surface area contributed by atoms with Crippen molar-refractivity contribution in [3.8, 4) is 0 Å². The summed E-state index contributed by atoms with van der Waals surface area (Å²) in [6.07, 6.45) is 4.51. The standard InChI is InChI=1S/C22H23F3N2O3S/c23-18-12-20(25)21(13-19(18)24)26-22(28)15-7-9-27(10-8-15)31(29,30)17-6-5-14-3-1-2-4-16(14)11-17/h5-6,11-13,15H,1-4,7-10H2,(H,26,28). The van der Waals surface area contributed by atoms with Crippen LogP contribution in [-0.2, 0) is 27.7 Å². The summed E-state index contributed by atoms with van der Waals surface area (Å²) in [6.45, 7) is 0.301. The second-order valence-corrected chi connectivity index (χ2v) is 9.99. The first-order valence-electron chi connectivity index (χ1n) is 10.3. The highest BCUT2D eigenvalue weighted by atomic mass is 32.2. The number of hydrogen-bond acceptors (Lipinski definition) is 3. The Morgan fingerprint density at radius 1 is 0.903 bits per heavy atom. The topological polar surface area (TPSA) is 66.5 Å². The molecule has 2 aromatic carbocycles. The summed E-state index contributed by atoms with van der Waals surface area (Å²) >= 11 is 0. The van der Waals surface area contributed by atoms with Crippen molar-refractivity contribution in [1.29, 1.82) is 0 Å². The van der Waals surface area contributed by atoms with Crippen LogP contribution in [0.2, 0.25) is 0 Å². The lowest BCUT2D eigenvalue weighted by Gasteiger charge is -2.31. The lowest BCUT2D eigenvalue weighted by atomic mass is 9.92. The van der Waals surface area contributed by atoms with E-state index >= 15 is 0 Å². The van der Waals surface area contributed by atoms with E-state index in [1.54, 1.807) is 12.1 Å². The Labute approximate surface area is 179 Å². The molecular weight excluding hydrogens is 429 g/mol. The molecule has 166 valence electrons. The summed E-state index contributed by atoms with van der Waals surface area (Å²) in [5.41, 5.74) is 1.84. The Hall–Kier alpha value is -2.39. The quantitative estimate of drug-likeness (QED) is 0.713. The van der Waals surface area contributed by atoms with Crippen LogP contribution in [0.1, 0.15) is 36.8 Å². The highest BCUT2D eigenvalue weighted by Gasteiger charge is 2.33. The van der Waals surface area contributed by atoms with E-state index in [0.29, 0.717) is 12.1 Å². The van der Waals surface area contributed by atoms with Gasteiger partial charge in [0.15, 0.2) is 11.6 Å². The van der Waals surface area contributed by atoms with Gasteiger partial charge in [0.05, 0.1) is 10.6 Å². The van der Waals surface area contributed by atoms with Crippen LogP contribution in [0.25, 0.3) is 0 Å². The molecule has 1 N–H and O–H groups in total. The average molecular weight is 452 g/mol. The van der Waals surface area contributed by atoms with E-state index in [0.717, 1.165) is 31.2 Å². The third-order valence-electron chi connectivity index (χ3n) is 6.05. The van der Waals surface area contributed by atoms with E-state index < -0.39 is 45.0 Å². The molecule has 1 aliphatic carbocycles. The molecule has 9 heteroatoms. The summed E-state index contributed by atoms with van der Waals surface area (Å²) in [5.74, 6) is -4.77. The Kier molecular flexibility index (Phi) is 6.07. The molecule has 0 aromatic heterocycles. The van der Waals surface area contributed by atoms with Crippen LogP contribution in [0.15, 0.2) is 35.2 Å². The SMILES string of the molecule is O=C(Nc1cc(F)c(F)cc1F)C1CCN(S(=O)(=O)c2ccc3c(c2)CCCC3)CC1. The van der Waals surface area contributed by atoms with Crippen molar-refractivity contribution in [3.05, 3.63) is 58.9 Å². The number of nitrogens with zero attached hydrogens (tertiary/aromatic N) is 1. The summed E-state index contributed by atoms with van der Waals surface area (Å²) in [4.78, 5) is 12.7. The lowest BCUT2D eigenvalue weighted by molar-refractivity contribution is -0.120. The van der Waals surface area contributed by atoms with Crippen LogP contribution >= 0.6 is 0 Å². The zero-order valence-electron chi connectivity index (χ0n) is 16.8. The molecule has 1 heterocycles. The minimum Gasteiger partial charge on any atom is -0.323 e. The van der Waals surface area contributed by atoms with Gasteiger partial charge < -0.3 is 5.32 Å². The number of carbonyl (C=O) groups is 1. The summed E-state index contributed by atoms with van der Waals surface area (Å²) < 4.78 is 67.6. The van der Waals surface area contributed by atoms with Gasteiger partial charge in [-0.2, -0.15) is 4.31 Å². The van der Waals surface area contributed by atoms with E-state index in [1.165, 1.54) is 9.87 Å². The molecule has 1 saturated heterocycles. The first-order chi connectivity index (χ1) is 14.8. The highest BCUT2D eigenvalue weighted by Crippen LogP contribution is 2.29. The van der Waals surface area contributed by atoms with Gasteiger partial charge in [0.25, 0.3) is 0 Å². The van der Waals surface area contributed by atoms with E-state index in [2.05, 4.69) is 5.32 Å². The monoisotopic (exact) mass is 452 g/mol. The van der Waals surface area contributed by atoms with Crippen LogP contribution in [0, 0.1) is 23.4 Å². The second kappa shape index (κ2) is 8.63. The predicted octanol–water partition coefficient (Wildman–Crippen LogP) is 4.02. The predicted molar refractivity (Wildman–Crippen MR) is 110 cm³/mol. The number of aryl methyl sites for hydroxylation is 2. The molecule has 4 rings (SSSR count). The van der Waals surface area contributed by atoms with Gasteiger partial charge >= 0.3 is 0 Å². The lowest BCUT2D eigenvalue weighted by Crippen LogP contribution is -2.41. The maximum absolute atomic E-state index is 13.8. The summed E-state index contributed by atoms with van der Waals surface area (Å²) in [6, 6.07) is 6.26. The zero-order chi connectivity index (χ0) is 22.2. The van der Waals surface area contributed by atoms with Gasteiger partial charge in [-0.1, -0.05) is 6.07 Å². The van der Waals surface area contributed by atoms with Crippen molar-refractivity contribution < 1.29 is 26.4 Å². The maximum atomic E-state index is 13.8. The molecule has 0 bridgehead atoms. The first kappa shape index (κ1) is 21.8. The van der Waals surface area contributed by atoms with Crippen LogP contribution in [-0.4, -0.2) is 31.7 Å². The minimum absolute atomic E-state index is 0.151. The number of sulfonamides is 1. The molecule has 0 saturated carbocycles. The molecule has 1 fully saturated rings. The molecule has 0 atom stereocenters. The highest BCUT2D eigenvalue weighted by molar-refractivity contribution is 7.89. The number of rotatable bonds is 4. The van der Waals surface area contributed by atoms with Crippen molar-refractivity contribution in [3.63, 3.8) is 0 Å². The van der Waals surface area contributed by atoms with Gasteiger partial charge in [0.1, 0.15) is 5.82 Å². The zero-order valence-corrected chi connectivity index (χ0v) is 17.7. The molecule has 0 spiro atoms. The number of hydrogen-bond donors (Lipinski definition) is 1. The molecule has 2 aliphatic rings. The molecule has 1 amide bonds. The fourth-order valence-corrected chi connectivity index (χ4v) is 5.75. The van der Waals surface area contributed by atoms with E-state index in [9.17, 15) is 26.4 Å². The number of carbonyl (C=O) groups excluding carboxylic acids is 1. The second-order valence-electron chi connectivity index (χ2n) is 8.05. The number of piperidine rings is 1. The smallest absolute Gasteiger partial charge is 0.243 e. The maximum Gasteiger partial charge on any atom is 0.243 e. The summed E-state index contributed by atoms with van der Waals surface area (Å²) in [5, 5.41) is 2.28. The van der Waals surface area contributed by atoms with Crippen LogP contribution in [0.4, 0.5) is 18.9 Å². The van der Waals surface area contributed by atoms with Gasteiger partial charge in [-0.15, -0.1) is 0 Å². The summed E-state index contributed by atoms with van der Waals surface area (Å²) in [7, 11) is -3.67. The number of halogens is 3. The Morgan fingerprint density at radius 2 is 1.55 bits per heavy atom. The largest absolute Gasteiger partial charge is 0.323 e. The fourth-order valence-electron chi connectivity index (χ4n) is 4.23. The van der Waals surface area contributed by atoms with Crippen LogP contribution in [0.3, 0.4) is 0 Å². The molecule has 1 aliphatic heterocycles. The minimum atomic E-state index is -3.67. The van der Waals surface area contributed by atoms with Crippen molar-refractivity contribution in [2.75, 3.05) is 18.4 Å². The normalized spacial score (nSPS) is 17.9. The Bertz CT molecular complexity index is 1110.